The molecule has 0 amide bonds. The molecule has 1 aromatic carbocycles. The van der Waals surface area contributed by atoms with E-state index in [-0.39, 0.29) is 5.97 Å². The minimum atomic E-state index is -0.302. The first kappa shape index (κ1) is 16.5. The van der Waals surface area contributed by atoms with Crippen molar-refractivity contribution in [2.45, 2.75) is 13.8 Å². The number of benzene rings is 1. The summed E-state index contributed by atoms with van der Waals surface area (Å²) in [4.78, 5) is 12.3. The summed E-state index contributed by atoms with van der Waals surface area (Å²) in [6.45, 7) is 8.37. The van der Waals surface area contributed by atoms with E-state index in [1.807, 2.05) is 62.5 Å². The summed E-state index contributed by atoms with van der Waals surface area (Å²) in [7, 11) is 0. The maximum absolute atomic E-state index is 12.3. The molecule has 0 spiro atoms. The van der Waals surface area contributed by atoms with Gasteiger partial charge >= 0.3 is 5.97 Å². The number of hydrogen-bond acceptors (Lipinski definition) is 2. The normalized spacial score (nSPS) is 10.8. The molecule has 0 atom stereocenters. The van der Waals surface area contributed by atoms with Gasteiger partial charge in [0.05, 0.1) is 17.9 Å². The zero-order valence-electron chi connectivity index (χ0n) is 13.7. The zero-order chi connectivity index (χ0) is 17.3. The molecular formula is C20H18BrNO2. The molecule has 4 heteroatoms. The van der Waals surface area contributed by atoms with Crippen molar-refractivity contribution < 1.29 is 9.53 Å². The maximum atomic E-state index is 12.3. The lowest BCUT2D eigenvalue weighted by atomic mass is 9.97. The van der Waals surface area contributed by atoms with Gasteiger partial charge in [-0.15, -0.1) is 0 Å². The predicted octanol–water partition coefficient (Wildman–Crippen LogP) is 5.25. The van der Waals surface area contributed by atoms with Crippen LogP contribution >= 0.6 is 15.9 Å². The SMILES string of the molecule is C=C(c1ccc(Br)cc1)c1c(C)c(C(=O)OCC)cc2cccn12. The smallest absolute Gasteiger partial charge is 0.338 e. The van der Waals surface area contributed by atoms with Crippen molar-refractivity contribution in [3.63, 3.8) is 0 Å². The van der Waals surface area contributed by atoms with Crippen molar-refractivity contribution >= 4 is 33.0 Å². The fraction of sp³-hybridized carbons (Fsp3) is 0.150. The van der Waals surface area contributed by atoms with Crippen LogP contribution in [0.25, 0.3) is 11.1 Å². The highest BCUT2D eigenvalue weighted by molar-refractivity contribution is 9.10. The molecule has 3 aromatic rings. The Morgan fingerprint density at radius 1 is 1.25 bits per heavy atom. The van der Waals surface area contributed by atoms with E-state index in [0.29, 0.717) is 12.2 Å². The number of hydrogen-bond donors (Lipinski definition) is 0. The van der Waals surface area contributed by atoms with Crippen molar-refractivity contribution in [1.82, 2.24) is 4.40 Å². The Hall–Kier alpha value is -2.33. The second-order valence-corrected chi connectivity index (χ2v) is 6.46. The van der Waals surface area contributed by atoms with Gasteiger partial charge in [-0.2, -0.15) is 0 Å². The van der Waals surface area contributed by atoms with Crippen LogP contribution in [0, 0.1) is 6.92 Å². The van der Waals surface area contributed by atoms with Gasteiger partial charge in [-0.1, -0.05) is 34.6 Å². The number of aromatic nitrogens is 1. The third kappa shape index (κ3) is 2.89. The van der Waals surface area contributed by atoms with E-state index in [1.165, 1.54) is 0 Å². The van der Waals surface area contributed by atoms with Crippen LogP contribution in [-0.4, -0.2) is 17.0 Å². The molecule has 0 aliphatic heterocycles. The molecule has 0 saturated heterocycles. The van der Waals surface area contributed by atoms with Crippen molar-refractivity contribution in [3.8, 4) is 0 Å². The predicted molar refractivity (Wildman–Crippen MR) is 100 cm³/mol. The van der Waals surface area contributed by atoms with E-state index < -0.39 is 0 Å². The largest absolute Gasteiger partial charge is 0.462 e. The highest BCUT2D eigenvalue weighted by Crippen LogP contribution is 2.29. The first-order valence-corrected chi connectivity index (χ1v) is 8.55. The van der Waals surface area contributed by atoms with Gasteiger partial charge in [0.1, 0.15) is 0 Å². The van der Waals surface area contributed by atoms with Gasteiger partial charge in [0.25, 0.3) is 0 Å². The van der Waals surface area contributed by atoms with Crippen LogP contribution in [0.2, 0.25) is 0 Å². The molecule has 3 nitrogen and oxygen atoms in total. The van der Waals surface area contributed by atoms with Gasteiger partial charge in [0, 0.05) is 16.2 Å². The van der Waals surface area contributed by atoms with Gasteiger partial charge in [-0.3, -0.25) is 0 Å². The average Bonchev–Trinajstić information content (AvgIpc) is 3.02. The fourth-order valence-corrected chi connectivity index (χ4v) is 3.12. The molecule has 0 fully saturated rings. The molecule has 0 unspecified atom stereocenters. The lowest BCUT2D eigenvalue weighted by Crippen LogP contribution is -2.11. The van der Waals surface area contributed by atoms with Crippen LogP contribution in [0.5, 0.6) is 0 Å². The Kier molecular flexibility index (Phi) is 4.58. The lowest BCUT2D eigenvalue weighted by molar-refractivity contribution is 0.0525. The van der Waals surface area contributed by atoms with Crippen molar-refractivity contribution in [3.05, 3.63) is 82.1 Å². The molecule has 122 valence electrons. The summed E-state index contributed by atoms with van der Waals surface area (Å²) in [5.41, 5.74) is 5.19. The van der Waals surface area contributed by atoms with E-state index in [1.54, 1.807) is 0 Å². The topological polar surface area (TPSA) is 30.7 Å². The molecule has 0 N–H and O–H groups in total. The van der Waals surface area contributed by atoms with Gasteiger partial charge in [0.2, 0.25) is 0 Å². The maximum Gasteiger partial charge on any atom is 0.338 e. The summed E-state index contributed by atoms with van der Waals surface area (Å²) in [6.07, 6.45) is 1.98. The van der Waals surface area contributed by atoms with Crippen LogP contribution in [0.15, 0.2) is 59.7 Å². The standard InChI is InChI=1S/C20H18BrNO2/c1-4-24-20(23)18-12-17-6-5-11-22(17)19(14(18)3)13(2)15-7-9-16(21)10-8-15/h5-12H,2,4H2,1,3H3. The van der Waals surface area contributed by atoms with Gasteiger partial charge in [-0.05, 0) is 60.9 Å². The third-order valence-corrected chi connectivity index (χ3v) is 4.58. The molecule has 0 radical (unpaired) electrons. The Morgan fingerprint density at radius 2 is 1.96 bits per heavy atom. The Bertz CT molecular complexity index is 923. The highest BCUT2D eigenvalue weighted by Gasteiger charge is 2.18. The monoisotopic (exact) mass is 383 g/mol. The number of pyridine rings is 1. The van der Waals surface area contributed by atoms with E-state index in [0.717, 1.165) is 32.4 Å². The minimum absolute atomic E-state index is 0.302. The first-order valence-electron chi connectivity index (χ1n) is 7.76. The number of fused-ring (bicyclic) bond motifs is 1. The molecule has 0 bridgehead atoms. The Balaban J connectivity index is 2.20. The number of rotatable bonds is 4. The van der Waals surface area contributed by atoms with E-state index in [9.17, 15) is 4.79 Å². The number of esters is 1. The molecule has 0 aliphatic carbocycles. The van der Waals surface area contributed by atoms with Crippen LogP contribution in [0.1, 0.15) is 34.1 Å². The van der Waals surface area contributed by atoms with Crippen LogP contribution < -0.4 is 0 Å². The highest BCUT2D eigenvalue weighted by atomic mass is 79.9. The fourth-order valence-electron chi connectivity index (χ4n) is 2.86. The van der Waals surface area contributed by atoms with Crippen LogP contribution in [0.3, 0.4) is 0 Å². The van der Waals surface area contributed by atoms with Gasteiger partial charge in [-0.25, -0.2) is 4.79 Å². The van der Waals surface area contributed by atoms with Crippen molar-refractivity contribution in [2.75, 3.05) is 6.61 Å². The molecular weight excluding hydrogens is 366 g/mol. The van der Waals surface area contributed by atoms with E-state index in [2.05, 4.69) is 26.9 Å². The second-order valence-electron chi connectivity index (χ2n) is 5.54. The Morgan fingerprint density at radius 3 is 2.62 bits per heavy atom. The molecule has 2 heterocycles. The number of halogens is 1. The van der Waals surface area contributed by atoms with Crippen molar-refractivity contribution in [1.29, 1.82) is 0 Å². The average molecular weight is 384 g/mol. The molecule has 0 saturated carbocycles. The van der Waals surface area contributed by atoms with Crippen molar-refractivity contribution in [2.24, 2.45) is 0 Å². The first-order chi connectivity index (χ1) is 11.5. The number of nitrogens with zero attached hydrogens (tertiary/aromatic N) is 1. The van der Waals surface area contributed by atoms with E-state index >= 15 is 0 Å². The summed E-state index contributed by atoms with van der Waals surface area (Å²) in [5.74, 6) is -0.302. The van der Waals surface area contributed by atoms with E-state index in [4.69, 9.17) is 4.74 Å². The summed E-state index contributed by atoms with van der Waals surface area (Å²) in [5, 5.41) is 0. The summed E-state index contributed by atoms with van der Waals surface area (Å²) < 4.78 is 8.28. The molecule has 3 rings (SSSR count). The van der Waals surface area contributed by atoms with Gasteiger partial charge in [0.15, 0.2) is 0 Å². The lowest BCUT2D eigenvalue weighted by Gasteiger charge is -2.16. The Labute approximate surface area is 149 Å². The van der Waals surface area contributed by atoms with Crippen LogP contribution in [-0.2, 0) is 4.74 Å². The van der Waals surface area contributed by atoms with Crippen LogP contribution in [0.4, 0.5) is 0 Å². The third-order valence-electron chi connectivity index (χ3n) is 4.05. The molecule has 2 aromatic heterocycles. The van der Waals surface area contributed by atoms with Gasteiger partial charge < -0.3 is 9.14 Å². The quantitative estimate of drug-likeness (QED) is 0.576. The summed E-state index contributed by atoms with van der Waals surface area (Å²) >= 11 is 3.45. The zero-order valence-corrected chi connectivity index (χ0v) is 15.3. The second kappa shape index (κ2) is 6.65. The summed E-state index contributed by atoms with van der Waals surface area (Å²) in [6, 6.07) is 13.8. The number of carbonyl (C=O) groups excluding carboxylic acids is 1. The number of carbonyl (C=O) groups is 1. The minimum Gasteiger partial charge on any atom is -0.462 e. The molecule has 24 heavy (non-hydrogen) atoms. The molecule has 0 aliphatic rings. The number of ether oxygens (including phenoxy) is 1.